The van der Waals surface area contributed by atoms with Crippen molar-refractivity contribution < 1.29 is 18.3 Å². The summed E-state index contributed by atoms with van der Waals surface area (Å²) in [4.78, 5) is 15.8. The fourth-order valence-corrected chi connectivity index (χ4v) is 4.81. The summed E-state index contributed by atoms with van der Waals surface area (Å²) in [7, 11) is 1.48. The van der Waals surface area contributed by atoms with E-state index in [-0.39, 0.29) is 11.6 Å². The van der Waals surface area contributed by atoms with Crippen molar-refractivity contribution in [1.82, 2.24) is 10.2 Å². The molecule has 1 aliphatic rings. The maximum Gasteiger partial charge on any atom is 0.268 e. The number of hydrogen-bond donors (Lipinski definition) is 1. The first kappa shape index (κ1) is 19.4. The number of amides is 1. The largest absolute Gasteiger partial charge is 0.493 e. The number of nitrogens with one attached hydrogen (secondary N) is 1. The van der Waals surface area contributed by atoms with E-state index in [2.05, 4.69) is 10.2 Å². The van der Waals surface area contributed by atoms with Gasteiger partial charge in [0.05, 0.1) is 23.4 Å². The average Bonchev–Trinajstić information content (AvgIpc) is 3.40. The van der Waals surface area contributed by atoms with Gasteiger partial charge >= 0.3 is 0 Å². The predicted octanol–water partition coefficient (Wildman–Crippen LogP) is 5.29. The molecule has 0 aliphatic carbocycles. The van der Waals surface area contributed by atoms with Gasteiger partial charge in [-0.25, -0.2) is 8.78 Å². The third kappa shape index (κ3) is 3.48. The van der Waals surface area contributed by atoms with Crippen LogP contribution in [-0.2, 0) is 6.42 Å². The van der Waals surface area contributed by atoms with E-state index in [0.717, 1.165) is 45.0 Å². The molecule has 0 saturated heterocycles. The third-order valence-electron chi connectivity index (χ3n) is 5.29. The number of carbonyl (C=O) groups excluding carboxylic acids is 1. The van der Waals surface area contributed by atoms with Crippen molar-refractivity contribution in [3.63, 3.8) is 0 Å². The van der Waals surface area contributed by atoms with Crippen LogP contribution < -0.4 is 9.64 Å². The average molecular weight is 437 g/mol. The molecule has 1 N–H and O–H groups in total. The van der Waals surface area contributed by atoms with E-state index in [1.807, 2.05) is 30.5 Å². The van der Waals surface area contributed by atoms with Crippen LogP contribution in [0.3, 0.4) is 0 Å². The van der Waals surface area contributed by atoms with E-state index in [1.54, 1.807) is 6.20 Å². The second-order valence-electron chi connectivity index (χ2n) is 7.20. The lowest BCUT2D eigenvalue weighted by Crippen LogP contribution is -2.26. The molecule has 4 aromatic rings. The standard InChI is InChI=1S/C23H17F2N3O2S/c1-28(19-5-3-15(24)9-18(19)25)23(29)22-10-17-16-4-2-13(14-11-26-27-12-14)8-20(16)30-7-6-21(17)31-22/h2-5,8-12H,6-7H2,1H3,(H,26,27). The van der Waals surface area contributed by atoms with Crippen LogP contribution in [0.4, 0.5) is 14.5 Å². The minimum absolute atomic E-state index is 0.0310. The lowest BCUT2D eigenvalue weighted by Gasteiger charge is -2.17. The van der Waals surface area contributed by atoms with E-state index in [1.165, 1.54) is 29.4 Å². The van der Waals surface area contributed by atoms with Crippen molar-refractivity contribution in [2.45, 2.75) is 6.42 Å². The number of rotatable bonds is 3. The third-order valence-corrected chi connectivity index (χ3v) is 6.47. The fraction of sp³-hybridized carbons (Fsp3) is 0.130. The summed E-state index contributed by atoms with van der Waals surface area (Å²) in [6, 6.07) is 10.9. The Morgan fingerprint density at radius 1 is 1.13 bits per heavy atom. The molecule has 0 radical (unpaired) electrons. The Labute approximate surface area is 180 Å². The number of H-pyrrole nitrogens is 1. The molecule has 5 rings (SSSR count). The summed E-state index contributed by atoms with van der Waals surface area (Å²) in [5, 5.41) is 6.79. The molecule has 0 fully saturated rings. The molecule has 0 saturated carbocycles. The van der Waals surface area contributed by atoms with Crippen molar-refractivity contribution in [2.24, 2.45) is 0 Å². The second kappa shape index (κ2) is 7.63. The predicted molar refractivity (Wildman–Crippen MR) is 116 cm³/mol. The Morgan fingerprint density at radius 3 is 2.77 bits per heavy atom. The van der Waals surface area contributed by atoms with Crippen LogP contribution in [0.25, 0.3) is 22.3 Å². The number of benzene rings is 2. The monoisotopic (exact) mass is 437 g/mol. The first-order chi connectivity index (χ1) is 15.0. The SMILES string of the molecule is CN(C(=O)c1cc2c(s1)CCOc1cc(-c3cn[nH]c3)ccc1-2)c1ccc(F)cc1F. The van der Waals surface area contributed by atoms with Crippen LogP contribution in [0.1, 0.15) is 14.5 Å². The van der Waals surface area contributed by atoms with Gasteiger partial charge in [0.15, 0.2) is 0 Å². The molecule has 0 unspecified atom stereocenters. The summed E-state index contributed by atoms with van der Waals surface area (Å²) in [5.41, 5.74) is 3.82. The number of halogens is 2. The van der Waals surface area contributed by atoms with Crippen molar-refractivity contribution in [3.05, 3.63) is 76.2 Å². The van der Waals surface area contributed by atoms with Crippen LogP contribution in [0.5, 0.6) is 5.75 Å². The lowest BCUT2D eigenvalue weighted by molar-refractivity contribution is 0.0996. The number of carbonyl (C=O) groups is 1. The Bertz CT molecular complexity index is 1280. The molecule has 0 spiro atoms. The molecular formula is C23H17F2N3O2S. The van der Waals surface area contributed by atoms with E-state index in [4.69, 9.17) is 4.74 Å². The van der Waals surface area contributed by atoms with Gasteiger partial charge in [-0.15, -0.1) is 11.3 Å². The van der Waals surface area contributed by atoms with Crippen LogP contribution in [0.2, 0.25) is 0 Å². The molecular weight excluding hydrogens is 420 g/mol. The Hall–Kier alpha value is -3.52. The van der Waals surface area contributed by atoms with Gasteiger partial charge in [-0.3, -0.25) is 9.89 Å². The summed E-state index contributed by atoms with van der Waals surface area (Å²) in [5.74, 6) is -1.07. The summed E-state index contributed by atoms with van der Waals surface area (Å²) >= 11 is 1.37. The van der Waals surface area contributed by atoms with E-state index in [9.17, 15) is 13.6 Å². The molecule has 8 heteroatoms. The summed E-state index contributed by atoms with van der Waals surface area (Å²) in [6.45, 7) is 0.491. The van der Waals surface area contributed by atoms with Crippen molar-refractivity contribution in [3.8, 4) is 28.0 Å². The van der Waals surface area contributed by atoms with Gasteiger partial charge in [0.2, 0.25) is 0 Å². The highest BCUT2D eigenvalue weighted by atomic mass is 32.1. The van der Waals surface area contributed by atoms with Gasteiger partial charge in [0, 0.05) is 47.3 Å². The smallest absolute Gasteiger partial charge is 0.268 e. The molecule has 31 heavy (non-hydrogen) atoms. The number of nitrogens with zero attached hydrogens (tertiary/aromatic N) is 2. The van der Waals surface area contributed by atoms with Gasteiger partial charge < -0.3 is 9.64 Å². The highest BCUT2D eigenvalue weighted by Gasteiger charge is 2.24. The van der Waals surface area contributed by atoms with Crippen LogP contribution in [0.15, 0.2) is 54.9 Å². The summed E-state index contributed by atoms with van der Waals surface area (Å²) < 4.78 is 33.4. The number of aromatic amines is 1. The van der Waals surface area contributed by atoms with Gasteiger partial charge in [0.1, 0.15) is 17.4 Å². The molecule has 0 bridgehead atoms. The quantitative estimate of drug-likeness (QED) is 0.474. The second-order valence-corrected chi connectivity index (χ2v) is 8.34. The minimum atomic E-state index is -0.778. The first-order valence-corrected chi connectivity index (χ1v) is 10.4. The fourth-order valence-electron chi connectivity index (χ4n) is 3.68. The topological polar surface area (TPSA) is 58.2 Å². The number of ether oxygens (including phenoxy) is 1. The number of aromatic nitrogens is 2. The molecule has 0 atom stereocenters. The van der Waals surface area contributed by atoms with Crippen molar-refractivity contribution in [1.29, 1.82) is 0 Å². The van der Waals surface area contributed by atoms with Gasteiger partial charge in [0.25, 0.3) is 5.91 Å². The zero-order chi connectivity index (χ0) is 21.5. The maximum atomic E-state index is 14.2. The van der Waals surface area contributed by atoms with Crippen molar-refractivity contribution in [2.75, 3.05) is 18.6 Å². The zero-order valence-electron chi connectivity index (χ0n) is 16.5. The number of fused-ring (bicyclic) bond motifs is 3. The normalized spacial score (nSPS) is 12.5. The van der Waals surface area contributed by atoms with Crippen LogP contribution >= 0.6 is 11.3 Å². The van der Waals surface area contributed by atoms with E-state index < -0.39 is 11.6 Å². The molecule has 156 valence electrons. The lowest BCUT2D eigenvalue weighted by atomic mass is 10.0. The molecule has 3 heterocycles. The van der Waals surface area contributed by atoms with Gasteiger partial charge in [-0.2, -0.15) is 5.10 Å². The molecule has 5 nitrogen and oxygen atoms in total. The van der Waals surface area contributed by atoms with E-state index in [0.29, 0.717) is 17.9 Å². The molecule has 2 aromatic carbocycles. The zero-order valence-corrected chi connectivity index (χ0v) is 17.3. The number of thiophene rings is 1. The number of hydrogen-bond acceptors (Lipinski definition) is 4. The van der Waals surface area contributed by atoms with Crippen LogP contribution in [-0.4, -0.2) is 29.8 Å². The maximum absolute atomic E-state index is 14.2. The Morgan fingerprint density at radius 2 is 2.00 bits per heavy atom. The molecule has 1 aliphatic heterocycles. The van der Waals surface area contributed by atoms with E-state index >= 15 is 0 Å². The van der Waals surface area contributed by atoms with Gasteiger partial charge in [-0.05, 0) is 35.9 Å². The molecule has 1 amide bonds. The minimum Gasteiger partial charge on any atom is -0.493 e. The Balaban J connectivity index is 1.50. The molecule has 2 aromatic heterocycles. The van der Waals surface area contributed by atoms with Gasteiger partial charge in [-0.1, -0.05) is 6.07 Å². The van der Waals surface area contributed by atoms with Crippen LogP contribution in [0, 0.1) is 11.6 Å². The highest BCUT2D eigenvalue weighted by Crippen LogP contribution is 2.42. The van der Waals surface area contributed by atoms with Crippen molar-refractivity contribution >= 4 is 22.9 Å². The first-order valence-electron chi connectivity index (χ1n) is 9.63. The highest BCUT2D eigenvalue weighted by molar-refractivity contribution is 7.14. The number of anilines is 1. The Kier molecular flexibility index (Phi) is 4.78. The summed E-state index contributed by atoms with van der Waals surface area (Å²) in [6.07, 6.45) is 4.23.